The Balaban J connectivity index is 1.64. The molecular formula is C16H15F3N4O4. The summed E-state index contributed by atoms with van der Waals surface area (Å²) in [4.78, 5) is 23.4. The van der Waals surface area contributed by atoms with Gasteiger partial charge in [0, 0.05) is 30.3 Å². The molecule has 2 fully saturated rings. The molecule has 11 heteroatoms. The lowest BCUT2D eigenvalue weighted by atomic mass is 10.0. The molecule has 0 aromatic heterocycles. The quantitative estimate of drug-likeness (QED) is 0.740. The van der Waals surface area contributed by atoms with Crippen LogP contribution in [0, 0.1) is 5.92 Å². The molecule has 1 saturated heterocycles. The van der Waals surface area contributed by atoms with Crippen molar-refractivity contribution < 1.29 is 32.6 Å². The molecule has 2 amide bonds. The molecule has 1 saturated carbocycles. The van der Waals surface area contributed by atoms with Gasteiger partial charge in [-0.25, -0.2) is 15.0 Å². The van der Waals surface area contributed by atoms with E-state index in [0.717, 1.165) is 6.07 Å². The Hall–Kier alpha value is -2.98. The summed E-state index contributed by atoms with van der Waals surface area (Å²) in [5, 5.41) is 15.1. The standard InChI is InChI=1S/C16H15F3N4O4/c17-16(18,19)10-3-8(11-6-27-14(26)22-21-11)1-2-12(10)23-5-9-4-15(9,7-23)20-13(24)25/h1-3,9,20H,4-7H2,(H,22,26)(H,24,25). The molecule has 3 N–H and O–H groups in total. The van der Waals surface area contributed by atoms with Gasteiger partial charge >= 0.3 is 18.4 Å². The van der Waals surface area contributed by atoms with Gasteiger partial charge in [0.1, 0.15) is 12.3 Å². The average molecular weight is 384 g/mol. The number of alkyl halides is 3. The van der Waals surface area contributed by atoms with Crippen molar-refractivity contribution in [3.63, 3.8) is 0 Å². The molecule has 0 radical (unpaired) electrons. The van der Waals surface area contributed by atoms with Crippen molar-refractivity contribution in [3.8, 4) is 0 Å². The number of anilines is 1. The maximum atomic E-state index is 13.6. The predicted octanol–water partition coefficient (Wildman–Crippen LogP) is 2.00. The van der Waals surface area contributed by atoms with E-state index in [2.05, 4.69) is 15.8 Å². The Morgan fingerprint density at radius 2 is 2.22 bits per heavy atom. The van der Waals surface area contributed by atoms with Crippen LogP contribution in [-0.2, 0) is 10.9 Å². The molecule has 144 valence electrons. The Bertz CT molecular complexity index is 857. The van der Waals surface area contributed by atoms with E-state index in [1.807, 2.05) is 0 Å². The second-order valence-corrected chi connectivity index (χ2v) is 6.84. The summed E-state index contributed by atoms with van der Waals surface area (Å²) in [5.74, 6) is 0.000641. The van der Waals surface area contributed by atoms with Crippen LogP contribution >= 0.6 is 0 Å². The Morgan fingerprint density at radius 1 is 1.44 bits per heavy atom. The highest BCUT2D eigenvalue weighted by Crippen LogP contribution is 2.52. The van der Waals surface area contributed by atoms with Crippen LogP contribution in [-0.4, -0.2) is 48.2 Å². The number of hydrogen-bond acceptors (Lipinski definition) is 5. The first kappa shape index (κ1) is 17.4. The topological polar surface area (TPSA) is 103 Å². The van der Waals surface area contributed by atoms with Crippen molar-refractivity contribution in [1.29, 1.82) is 0 Å². The Morgan fingerprint density at radius 3 is 2.85 bits per heavy atom. The summed E-state index contributed by atoms with van der Waals surface area (Å²) in [5.41, 5.74) is 0.917. The van der Waals surface area contributed by atoms with E-state index in [4.69, 9.17) is 9.84 Å². The van der Waals surface area contributed by atoms with Crippen LogP contribution in [0.2, 0.25) is 0 Å². The lowest BCUT2D eigenvalue weighted by Gasteiger charge is -2.27. The Labute approximate surface area is 151 Å². The number of rotatable bonds is 3. The van der Waals surface area contributed by atoms with Gasteiger partial charge in [-0.3, -0.25) is 0 Å². The van der Waals surface area contributed by atoms with E-state index < -0.39 is 29.5 Å². The zero-order chi connectivity index (χ0) is 19.4. The molecule has 2 aliphatic heterocycles. The fourth-order valence-corrected chi connectivity index (χ4v) is 3.75. The Kier molecular flexibility index (Phi) is 3.72. The molecule has 2 unspecified atom stereocenters. The monoisotopic (exact) mass is 384 g/mol. The number of halogens is 3. The number of benzene rings is 1. The average Bonchev–Trinajstić information content (AvgIpc) is 3.12. The van der Waals surface area contributed by atoms with Gasteiger partial charge in [-0.05, 0) is 18.6 Å². The normalized spacial score (nSPS) is 26.6. The number of ether oxygens (including phenoxy) is 1. The number of carboxylic acid groups (broad SMARTS) is 1. The summed E-state index contributed by atoms with van der Waals surface area (Å²) >= 11 is 0. The van der Waals surface area contributed by atoms with Crippen LogP contribution in [0.5, 0.6) is 0 Å². The third kappa shape index (κ3) is 3.13. The minimum Gasteiger partial charge on any atom is -0.465 e. The first-order valence-electron chi connectivity index (χ1n) is 8.15. The van der Waals surface area contributed by atoms with Crippen molar-refractivity contribution >= 4 is 23.6 Å². The van der Waals surface area contributed by atoms with Gasteiger partial charge in [0.05, 0.1) is 11.1 Å². The van der Waals surface area contributed by atoms with Gasteiger partial charge in [-0.2, -0.15) is 18.3 Å². The number of piperidine rings is 1. The van der Waals surface area contributed by atoms with Gasteiger partial charge in [-0.15, -0.1) is 0 Å². The van der Waals surface area contributed by atoms with Crippen LogP contribution in [0.25, 0.3) is 0 Å². The van der Waals surface area contributed by atoms with Gasteiger partial charge in [0.2, 0.25) is 0 Å². The van der Waals surface area contributed by atoms with Crippen LogP contribution in [0.15, 0.2) is 23.3 Å². The molecule has 2 atom stereocenters. The SMILES string of the molecule is O=C(O)NC12CC1CN(c1ccc(C3=NNC(=O)OC3)cc1C(F)(F)F)C2. The number of carbonyl (C=O) groups is 2. The van der Waals surface area contributed by atoms with E-state index in [1.165, 1.54) is 12.1 Å². The third-order valence-electron chi connectivity index (χ3n) is 5.10. The fraction of sp³-hybridized carbons (Fsp3) is 0.438. The first-order chi connectivity index (χ1) is 12.7. The molecule has 1 aliphatic carbocycles. The van der Waals surface area contributed by atoms with Gasteiger partial charge in [-0.1, -0.05) is 6.07 Å². The summed E-state index contributed by atoms with van der Waals surface area (Å²) < 4.78 is 45.7. The number of hydrazone groups is 1. The number of amides is 2. The molecule has 2 heterocycles. The van der Waals surface area contributed by atoms with Crippen molar-refractivity contribution in [2.45, 2.75) is 18.1 Å². The van der Waals surface area contributed by atoms with E-state index in [9.17, 15) is 22.8 Å². The van der Waals surface area contributed by atoms with Crippen LogP contribution in [0.4, 0.5) is 28.4 Å². The highest BCUT2D eigenvalue weighted by molar-refractivity contribution is 6.04. The minimum absolute atomic E-state index is 0.000641. The predicted molar refractivity (Wildman–Crippen MR) is 86.7 cm³/mol. The van der Waals surface area contributed by atoms with E-state index >= 15 is 0 Å². The molecule has 1 aromatic carbocycles. The number of fused-ring (bicyclic) bond motifs is 1. The number of cyclic esters (lactones) is 1. The van der Waals surface area contributed by atoms with Crippen molar-refractivity contribution in [2.75, 3.05) is 24.6 Å². The lowest BCUT2D eigenvalue weighted by molar-refractivity contribution is -0.137. The van der Waals surface area contributed by atoms with Crippen molar-refractivity contribution in [2.24, 2.45) is 11.0 Å². The summed E-state index contributed by atoms with van der Waals surface area (Å²) in [6, 6.07) is 3.79. The number of nitrogens with one attached hydrogen (secondary N) is 2. The van der Waals surface area contributed by atoms with Crippen molar-refractivity contribution in [3.05, 3.63) is 29.3 Å². The molecule has 3 aliphatic rings. The zero-order valence-corrected chi connectivity index (χ0v) is 13.8. The minimum atomic E-state index is -4.61. The van der Waals surface area contributed by atoms with Crippen LogP contribution in [0.3, 0.4) is 0 Å². The van der Waals surface area contributed by atoms with Crippen LogP contribution in [0.1, 0.15) is 17.5 Å². The molecule has 27 heavy (non-hydrogen) atoms. The second kappa shape index (κ2) is 5.76. The lowest BCUT2D eigenvalue weighted by Crippen LogP contribution is -2.41. The molecule has 0 spiro atoms. The number of nitrogens with zero attached hydrogens (tertiary/aromatic N) is 2. The molecule has 4 rings (SSSR count). The largest absolute Gasteiger partial charge is 0.465 e. The zero-order valence-electron chi connectivity index (χ0n) is 13.8. The van der Waals surface area contributed by atoms with E-state index in [1.54, 1.807) is 4.90 Å². The molecule has 8 nitrogen and oxygen atoms in total. The molecule has 1 aromatic rings. The fourth-order valence-electron chi connectivity index (χ4n) is 3.75. The van der Waals surface area contributed by atoms with Crippen molar-refractivity contribution in [1.82, 2.24) is 10.7 Å². The smallest absolute Gasteiger partial charge is 0.428 e. The van der Waals surface area contributed by atoms with E-state index in [-0.39, 0.29) is 36.0 Å². The maximum Gasteiger partial charge on any atom is 0.428 e. The summed E-state index contributed by atoms with van der Waals surface area (Å²) in [7, 11) is 0. The first-order valence-corrected chi connectivity index (χ1v) is 8.15. The third-order valence-corrected chi connectivity index (χ3v) is 5.10. The second-order valence-electron chi connectivity index (χ2n) is 6.84. The highest BCUT2D eigenvalue weighted by atomic mass is 19.4. The maximum absolute atomic E-state index is 13.6. The number of hydrogen-bond donors (Lipinski definition) is 3. The van der Waals surface area contributed by atoms with Gasteiger partial charge < -0.3 is 20.1 Å². The number of carbonyl (C=O) groups excluding carboxylic acids is 1. The summed E-state index contributed by atoms with van der Waals surface area (Å²) in [6.07, 6.45) is -5.92. The van der Waals surface area contributed by atoms with E-state index in [0.29, 0.717) is 13.0 Å². The summed E-state index contributed by atoms with van der Waals surface area (Å²) in [6.45, 7) is 0.315. The molecular weight excluding hydrogens is 369 g/mol. The molecule has 0 bridgehead atoms. The van der Waals surface area contributed by atoms with Gasteiger partial charge in [0.15, 0.2) is 0 Å². The van der Waals surface area contributed by atoms with Gasteiger partial charge in [0.25, 0.3) is 0 Å². The highest BCUT2D eigenvalue weighted by Gasteiger charge is 2.61. The van der Waals surface area contributed by atoms with Crippen LogP contribution < -0.4 is 15.6 Å².